The van der Waals surface area contributed by atoms with Crippen LogP contribution in [0.25, 0.3) is 0 Å². The molecule has 0 fully saturated rings. The number of hydrogen-bond donors (Lipinski definition) is 1. The third-order valence-electron chi connectivity index (χ3n) is 5.62. The Morgan fingerprint density at radius 3 is 2.25 bits per heavy atom. The Labute approximate surface area is 193 Å². The highest BCUT2D eigenvalue weighted by Gasteiger charge is 2.27. The molecule has 1 N–H and O–H groups in total. The summed E-state index contributed by atoms with van der Waals surface area (Å²) in [7, 11) is -3.51. The van der Waals surface area contributed by atoms with E-state index in [4.69, 9.17) is 4.74 Å². The zero-order valence-corrected chi connectivity index (χ0v) is 20.9. The number of carbonyl (C=O) groups excluding carboxylic acids is 1. The van der Waals surface area contributed by atoms with Gasteiger partial charge in [-0.05, 0) is 68.1 Å². The molecule has 176 valence electrons. The lowest BCUT2D eigenvalue weighted by Crippen LogP contribution is -2.31. The van der Waals surface area contributed by atoms with Crippen LogP contribution in [0.1, 0.15) is 51.7 Å². The molecule has 7 heteroatoms. The minimum atomic E-state index is -3.51. The molecule has 0 unspecified atom stereocenters. The summed E-state index contributed by atoms with van der Waals surface area (Å²) < 4.78 is 32.5. The molecule has 2 aromatic carbocycles. The second-order valence-corrected chi connectivity index (χ2v) is 10.6. The summed E-state index contributed by atoms with van der Waals surface area (Å²) in [5.41, 5.74) is 2.24. The van der Waals surface area contributed by atoms with Crippen LogP contribution in [0.5, 0.6) is 5.75 Å². The molecular formula is C25H36N2O4S. The van der Waals surface area contributed by atoms with E-state index in [-0.39, 0.29) is 10.8 Å². The average Bonchev–Trinajstić information content (AvgIpc) is 2.74. The highest BCUT2D eigenvalue weighted by molar-refractivity contribution is 7.89. The number of sulfonamides is 1. The lowest BCUT2D eigenvalue weighted by Gasteiger charge is -2.24. The highest BCUT2D eigenvalue weighted by Crippen LogP contribution is 2.26. The number of aryl methyl sites for hydroxylation is 2. The maximum atomic E-state index is 12.8. The molecule has 6 nitrogen and oxygen atoms in total. The van der Waals surface area contributed by atoms with Crippen LogP contribution in [-0.4, -0.2) is 38.3 Å². The van der Waals surface area contributed by atoms with Gasteiger partial charge in [0.25, 0.3) is 0 Å². The molecule has 0 spiro atoms. The van der Waals surface area contributed by atoms with Gasteiger partial charge in [-0.1, -0.05) is 39.8 Å². The van der Waals surface area contributed by atoms with Gasteiger partial charge in [0, 0.05) is 24.2 Å². The van der Waals surface area contributed by atoms with E-state index in [2.05, 4.69) is 11.4 Å². The first-order chi connectivity index (χ1) is 15.0. The maximum absolute atomic E-state index is 12.8. The van der Waals surface area contributed by atoms with Crippen molar-refractivity contribution in [1.82, 2.24) is 4.31 Å². The second kappa shape index (κ2) is 11.0. The number of anilines is 1. The summed E-state index contributed by atoms with van der Waals surface area (Å²) in [6.07, 6.45) is 1.41. The molecule has 0 aliphatic rings. The fraction of sp³-hybridized carbons (Fsp3) is 0.480. The van der Waals surface area contributed by atoms with Crippen molar-refractivity contribution in [2.45, 2.75) is 59.3 Å². The Bertz CT molecular complexity index is 1010. The van der Waals surface area contributed by atoms with Crippen molar-refractivity contribution in [3.8, 4) is 5.75 Å². The standard InChI is InChI=1S/C25H36N2O4S/c1-7-27(8-2)32(29,30)22-14-12-21(13-15-22)26-24(28)25(5,6)16-9-17-31-23-18-19(3)10-11-20(23)4/h10-15,18H,7-9,16-17H2,1-6H3,(H,26,28). The quantitative estimate of drug-likeness (QED) is 0.470. The first-order valence-corrected chi connectivity index (χ1v) is 12.6. The number of rotatable bonds is 11. The van der Waals surface area contributed by atoms with Gasteiger partial charge in [0.15, 0.2) is 0 Å². The van der Waals surface area contributed by atoms with E-state index >= 15 is 0 Å². The molecule has 0 heterocycles. The number of ether oxygens (including phenoxy) is 1. The zero-order valence-electron chi connectivity index (χ0n) is 20.1. The number of carbonyl (C=O) groups is 1. The third kappa shape index (κ3) is 6.56. The molecule has 0 saturated carbocycles. The maximum Gasteiger partial charge on any atom is 0.243 e. The first kappa shape index (κ1) is 25.9. The van der Waals surface area contributed by atoms with Crippen molar-refractivity contribution in [2.75, 3.05) is 25.0 Å². The largest absolute Gasteiger partial charge is 0.493 e. The van der Waals surface area contributed by atoms with Crippen LogP contribution >= 0.6 is 0 Å². The molecular weight excluding hydrogens is 424 g/mol. The number of nitrogens with zero attached hydrogens (tertiary/aromatic N) is 1. The topological polar surface area (TPSA) is 75.7 Å². The van der Waals surface area contributed by atoms with E-state index in [1.807, 2.05) is 53.7 Å². The summed E-state index contributed by atoms with van der Waals surface area (Å²) in [4.78, 5) is 13.0. The number of amides is 1. The predicted octanol–water partition coefficient (Wildman–Crippen LogP) is 5.16. The smallest absolute Gasteiger partial charge is 0.243 e. The minimum Gasteiger partial charge on any atom is -0.493 e. The fourth-order valence-corrected chi connectivity index (χ4v) is 4.85. The number of benzene rings is 2. The van der Waals surface area contributed by atoms with Gasteiger partial charge in [0.1, 0.15) is 5.75 Å². The molecule has 0 aliphatic heterocycles. The lowest BCUT2D eigenvalue weighted by molar-refractivity contribution is -0.124. The summed E-state index contributed by atoms with van der Waals surface area (Å²) >= 11 is 0. The summed E-state index contributed by atoms with van der Waals surface area (Å²) in [5.74, 6) is 0.774. The van der Waals surface area contributed by atoms with Gasteiger partial charge in [-0.15, -0.1) is 0 Å². The molecule has 0 aliphatic carbocycles. The van der Waals surface area contributed by atoms with Crippen LogP contribution in [0.2, 0.25) is 0 Å². The Morgan fingerprint density at radius 1 is 1.03 bits per heavy atom. The minimum absolute atomic E-state index is 0.108. The Hall–Kier alpha value is -2.38. The Balaban J connectivity index is 1.92. The van der Waals surface area contributed by atoms with Crippen molar-refractivity contribution in [3.05, 3.63) is 53.6 Å². The Morgan fingerprint density at radius 2 is 1.66 bits per heavy atom. The highest BCUT2D eigenvalue weighted by atomic mass is 32.2. The van der Waals surface area contributed by atoms with Crippen molar-refractivity contribution in [2.24, 2.45) is 5.41 Å². The lowest BCUT2D eigenvalue weighted by atomic mass is 9.87. The number of hydrogen-bond acceptors (Lipinski definition) is 4. The Kier molecular flexibility index (Phi) is 8.87. The molecule has 0 atom stereocenters. The number of nitrogens with one attached hydrogen (secondary N) is 1. The normalized spacial score (nSPS) is 12.1. The van der Waals surface area contributed by atoms with Gasteiger partial charge in [0.05, 0.1) is 11.5 Å². The van der Waals surface area contributed by atoms with Crippen molar-refractivity contribution >= 4 is 21.6 Å². The van der Waals surface area contributed by atoms with Gasteiger partial charge >= 0.3 is 0 Å². The van der Waals surface area contributed by atoms with Crippen LogP contribution in [-0.2, 0) is 14.8 Å². The van der Waals surface area contributed by atoms with E-state index in [9.17, 15) is 13.2 Å². The van der Waals surface area contributed by atoms with E-state index in [1.165, 1.54) is 16.4 Å². The SMILES string of the molecule is CCN(CC)S(=O)(=O)c1ccc(NC(=O)C(C)(C)CCCOc2cc(C)ccc2C)cc1. The van der Waals surface area contributed by atoms with Crippen LogP contribution in [0.4, 0.5) is 5.69 Å². The summed E-state index contributed by atoms with van der Waals surface area (Å²) in [5, 5.41) is 2.91. The molecule has 0 aromatic heterocycles. The van der Waals surface area contributed by atoms with Crippen LogP contribution in [0.3, 0.4) is 0 Å². The second-order valence-electron chi connectivity index (χ2n) is 8.67. The van der Waals surface area contributed by atoms with Gasteiger partial charge in [-0.25, -0.2) is 8.42 Å². The molecule has 2 rings (SSSR count). The molecule has 1 amide bonds. The molecule has 32 heavy (non-hydrogen) atoms. The monoisotopic (exact) mass is 460 g/mol. The van der Waals surface area contributed by atoms with E-state index in [1.54, 1.807) is 12.1 Å². The van der Waals surface area contributed by atoms with Gasteiger partial charge < -0.3 is 10.1 Å². The molecule has 0 radical (unpaired) electrons. The van der Waals surface area contributed by atoms with Crippen LogP contribution in [0, 0.1) is 19.3 Å². The predicted molar refractivity (Wildman–Crippen MR) is 130 cm³/mol. The third-order valence-corrected chi connectivity index (χ3v) is 7.68. The van der Waals surface area contributed by atoms with E-state index in [0.717, 1.165) is 23.3 Å². The molecule has 0 saturated heterocycles. The zero-order chi connectivity index (χ0) is 23.9. The van der Waals surface area contributed by atoms with E-state index < -0.39 is 15.4 Å². The van der Waals surface area contributed by atoms with Crippen molar-refractivity contribution < 1.29 is 17.9 Å². The van der Waals surface area contributed by atoms with Crippen molar-refractivity contribution in [3.63, 3.8) is 0 Å². The fourth-order valence-electron chi connectivity index (χ4n) is 3.40. The van der Waals surface area contributed by atoms with Crippen LogP contribution in [0.15, 0.2) is 47.4 Å². The van der Waals surface area contributed by atoms with Gasteiger partial charge in [0.2, 0.25) is 15.9 Å². The molecule has 2 aromatic rings. The average molecular weight is 461 g/mol. The van der Waals surface area contributed by atoms with Gasteiger partial charge in [-0.2, -0.15) is 4.31 Å². The van der Waals surface area contributed by atoms with Crippen LogP contribution < -0.4 is 10.1 Å². The molecule has 0 bridgehead atoms. The van der Waals surface area contributed by atoms with E-state index in [0.29, 0.717) is 31.8 Å². The summed E-state index contributed by atoms with van der Waals surface area (Å²) in [6, 6.07) is 12.5. The first-order valence-electron chi connectivity index (χ1n) is 11.1. The van der Waals surface area contributed by atoms with Gasteiger partial charge in [-0.3, -0.25) is 4.79 Å². The summed E-state index contributed by atoms with van der Waals surface area (Å²) in [6.45, 7) is 12.8. The van der Waals surface area contributed by atoms with Crippen molar-refractivity contribution in [1.29, 1.82) is 0 Å².